The highest BCUT2D eigenvalue weighted by molar-refractivity contribution is 5.76. The molecule has 0 aromatic heterocycles. The summed E-state index contributed by atoms with van der Waals surface area (Å²) in [6, 6.07) is 4.15. The number of amides is 1. The van der Waals surface area contributed by atoms with E-state index in [1.807, 2.05) is 6.07 Å². The van der Waals surface area contributed by atoms with Gasteiger partial charge in [0.2, 0.25) is 5.91 Å². The van der Waals surface area contributed by atoms with Gasteiger partial charge >= 0.3 is 0 Å². The normalized spacial score (nSPS) is 12.3. The number of benzene rings is 1. The van der Waals surface area contributed by atoms with Crippen molar-refractivity contribution in [3.63, 3.8) is 0 Å². The molecule has 1 rings (SSSR count). The molecule has 0 unspecified atom stereocenters. The van der Waals surface area contributed by atoms with Gasteiger partial charge in [0.1, 0.15) is 5.75 Å². The van der Waals surface area contributed by atoms with Crippen LogP contribution in [0.2, 0.25) is 0 Å². The lowest BCUT2D eigenvalue weighted by atomic mass is 9.78. The van der Waals surface area contributed by atoms with Crippen molar-refractivity contribution in [1.82, 2.24) is 5.32 Å². The van der Waals surface area contributed by atoms with Crippen molar-refractivity contribution in [3.05, 3.63) is 28.8 Å². The third-order valence-corrected chi connectivity index (χ3v) is 4.89. The minimum atomic E-state index is -0.156. The molecule has 1 amide bonds. The van der Waals surface area contributed by atoms with Crippen LogP contribution >= 0.6 is 0 Å². The van der Waals surface area contributed by atoms with Gasteiger partial charge in [-0.3, -0.25) is 4.79 Å². The van der Waals surface area contributed by atoms with Crippen LogP contribution in [-0.4, -0.2) is 29.3 Å². The van der Waals surface area contributed by atoms with E-state index in [0.717, 1.165) is 36.8 Å². The van der Waals surface area contributed by atoms with Crippen LogP contribution < -0.4 is 5.32 Å². The lowest BCUT2D eigenvalue weighted by molar-refractivity contribution is -0.121. The van der Waals surface area contributed by atoms with Crippen molar-refractivity contribution in [2.45, 2.75) is 90.9 Å². The largest absolute Gasteiger partial charge is 0.507 e. The van der Waals surface area contributed by atoms with E-state index < -0.39 is 0 Å². The second-order valence-electron chi connectivity index (χ2n) is 9.52. The summed E-state index contributed by atoms with van der Waals surface area (Å²) in [5.41, 5.74) is 2.81. The smallest absolute Gasteiger partial charge is 0.220 e. The van der Waals surface area contributed by atoms with Crippen LogP contribution in [0.5, 0.6) is 5.75 Å². The summed E-state index contributed by atoms with van der Waals surface area (Å²) in [6.45, 7) is 13.7. The quantitative estimate of drug-likeness (QED) is 0.551. The molecule has 154 valence electrons. The van der Waals surface area contributed by atoms with Crippen LogP contribution in [-0.2, 0) is 22.0 Å². The standard InChI is InChI=1S/C23H39NO3/c1-22(2,3)18-15-17(21(27)19(16-18)23(4,5)6)11-12-20(26)24-13-9-7-8-10-14-25/h15-16,25,27H,7-14H2,1-6H3,(H,24,26). The predicted octanol–water partition coefficient (Wildman–Crippen LogP) is 4.59. The van der Waals surface area contributed by atoms with Gasteiger partial charge in [-0.05, 0) is 46.8 Å². The number of unbranched alkanes of at least 4 members (excludes halogenated alkanes) is 3. The molecule has 0 fully saturated rings. The van der Waals surface area contributed by atoms with Crippen LogP contribution in [0, 0.1) is 0 Å². The summed E-state index contributed by atoms with van der Waals surface area (Å²) < 4.78 is 0. The third-order valence-electron chi connectivity index (χ3n) is 4.89. The van der Waals surface area contributed by atoms with Crippen molar-refractivity contribution in [2.75, 3.05) is 13.2 Å². The van der Waals surface area contributed by atoms with E-state index in [9.17, 15) is 9.90 Å². The van der Waals surface area contributed by atoms with Gasteiger partial charge in [0.15, 0.2) is 0 Å². The molecule has 1 aromatic rings. The maximum atomic E-state index is 12.1. The van der Waals surface area contributed by atoms with E-state index in [1.54, 1.807) is 0 Å². The number of hydrogen-bond donors (Lipinski definition) is 3. The highest BCUT2D eigenvalue weighted by atomic mass is 16.3. The number of hydrogen-bond acceptors (Lipinski definition) is 3. The molecule has 27 heavy (non-hydrogen) atoms. The Kier molecular flexibility index (Phi) is 8.80. The zero-order valence-electron chi connectivity index (χ0n) is 18.1. The van der Waals surface area contributed by atoms with E-state index in [4.69, 9.17) is 5.11 Å². The average molecular weight is 378 g/mol. The maximum absolute atomic E-state index is 12.1. The monoisotopic (exact) mass is 377 g/mol. The Morgan fingerprint density at radius 1 is 0.963 bits per heavy atom. The molecule has 0 radical (unpaired) electrons. The summed E-state index contributed by atoms with van der Waals surface area (Å²) in [6.07, 6.45) is 4.69. The first-order valence-electron chi connectivity index (χ1n) is 10.2. The van der Waals surface area contributed by atoms with Gasteiger partial charge in [-0.2, -0.15) is 0 Å². The van der Waals surface area contributed by atoms with Gasteiger partial charge in [0.05, 0.1) is 0 Å². The molecule has 4 nitrogen and oxygen atoms in total. The highest BCUT2D eigenvalue weighted by Crippen LogP contribution is 2.38. The number of aliphatic hydroxyl groups is 1. The van der Waals surface area contributed by atoms with E-state index in [2.05, 4.69) is 52.9 Å². The Morgan fingerprint density at radius 2 is 1.59 bits per heavy atom. The molecule has 3 N–H and O–H groups in total. The second kappa shape index (κ2) is 10.1. The molecule has 0 saturated heterocycles. The molecule has 1 aromatic carbocycles. The topological polar surface area (TPSA) is 69.6 Å². The Labute approximate surface area is 165 Å². The maximum Gasteiger partial charge on any atom is 0.220 e. The summed E-state index contributed by atoms with van der Waals surface area (Å²) >= 11 is 0. The lowest BCUT2D eigenvalue weighted by Crippen LogP contribution is -2.25. The molecule has 4 heteroatoms. The molecule has 0 atom stereocenters. The van der Waals surface area contributed by atoms with Gasteiger partial charge < -0.3 is 15.5 Å². The van der Waals surface area contributed by atoms with E-state index >= 15 is 0 Å². The summed E-state index contributed by atoms with van der Waals surface area (Å²) in [7, 11) is 0. The van der Waals surface area contributed by atoms with Crippen molar-refractivity contribution < 1.29 is 15.0 Å². The summed E-state index contributed by atoms with van der Waals surface area (Å²) in [5, 5.41) is 22.5. The highest BCUT2D eigenvalue weighted by Gasteiger charge is 2.25. The minimum Gasteiger partial charge on any atom is -0.507 e. The number of phenolic OH excluding ortho intramolecular Hbond substituents is 1. The fourth-order valence-electron chi connectivity index (χ4n) is 3.04. The van der Waals surface area contributed by atoms with Gasteiger partial charge in [-0.15, -0.1) is 0 Å². The number of carbonyl (C=O) groups excluding carboxylic acids is 1. The summed E-state index contributed by atoms with van der Waals surface area (Å²) in [4.78, 5) is 12.1. The van der Waals surface area contributed by atoms with Crippen LogP contribution in [0.1, 0.15) is 90.3 Å². The van der Waals surface area contributed by atoms with Gasteiger partial charge in [0.25, 0.3) is 0 Å². The minimum absolute atomic E-state index is 0.0146. The zero-order valence-corrected chi connectivity index (χ0v) is 18.1. The number of carbonyl (C=O) groups is 1. The van der Waals surface area contributed by atoms with Crippen LogP contribution in [0.3, 0.4) is 0 Å². The lowest BCUT2D eigenvalue weighted by Gasteiger charge is -2.27. The summed E-state index contributed by atoms with van der Waals surface area (Å²) in [5.74, 6) is 0.349. The number of phenols is 1. The van der Waals surface area contributed by atoms with E-state index in [-0.39, 0.29) is 23.3 Å². The first-order valence-corrected chi connectivity index (χ1v) is 10.2. The van der Waals surface area contributed by atoms with Crippen LogP contribution in [0.4, 0.5) is 0 Å². The van der Waals surface area contributed by atoms with E-state index in [0.29, 0.717) is 25.1 Å². The Balaban J connectivity index is 2.75. The number of aliphatic hydroxyl groups excluding tert-OH is 1. The molecule has 0 aliphatic carbocycles. The first kappa shape index (κ1) is 23.5. The number of aryl methyl sites for hydroxylation is 1. The van der Waals surface area contributed by atoms with E-state index in [1.165, 1.54) is 5.56 Å². The SMILES string of the molecule is CC(C)(C)c1cc(CCC(=O)NCCCCCCO)c(O)c(C(C)(C)C)c1. The molecule has 0 bridgehead atoms. The number of nitrogens with one attached hydrogen (secondary N) is 1. The third kappa shape index (κ3) is 7.92. The van der Waals surface area contributed by atoms with Crippen LogP contribution in [0.15, 0.2) is 12.1 Å². The second-order valence-corrected chi connectivity index (χ2v) is 9.52. The number of aromatic hydroxyl groups is 1. The molecular weight excluding hydrogens is 338 g/mol. The van der Waals surface area contributed by atoms with Crippen LogP contribution in [0.25, 0.3) is 0 Å². The number of rotatable bonds is 9. The molecule has 0 saturated carbocycles. The molecule has 0 aliphatic rings. The Bertz CT molecular complexity index is 609. The molecule has 0 aliphatic heterocycles. The average Bonchev–Trinajstić information content (AvgIpc) is 2.54. The predicted molar refractivity (Wildman–Crippen MR) is 112 cm³/mol. The van der Waals surface area contributed by atoms with Crippen molar-refractivity contribution >= 4 is 5.91 Å². The molecule has 0 heterocycles. The van der Waals surface area contributed by atoms with Crippen molar-refractivity contribution in [2.24, 2.45) is 0 Å². The van der Waals surface area contributed by atoms with Gasteiger partial charge in [-0.25, -0.2) is 0 Å². The van der Waals surface area contributed by atoms with Gasteiger partial charge in [-0.1, -0.05) is 66.5 Å². The van der Waals surface area contributed by atoms with Crippen molar-refractivity contribution in [1.29, 1.82) is 0 Å². The van der Waals surface area contributed by atoms with Crippen molar-refractivity contribution in [3.8, 4) is 5.75 Å². The molecular formula is C23H39NO3. The fraction of sp³-hybridized carbons (Fsp3) is 0.696. The fourth-order valence-corrected chi connectivity index (χ4v) is 3.04. The van der Waals surface area contributed by atoms with Gasteiger partial charge in [0, 0.05) is 19.6 Å². The molecule has 0 spiro atoms. The Hall–Kier alpha value is -1.55. The zero-order chi connectivity index (χ0) is 20.7. The Morgan fingerprint density at radius 3 is 2.15 bits per heavy atom. The first-order chi connectivity index (χ1) is 12.5.